The molecule has 0 fully saturated rings. The fraction of sp³-hybridized carbons (Fsp3) is 0.231. The molecule has 0 atom stereocenters. The topological polar surface area (TPSA) is 44.1 Å². The number of fused-ring (bicyclic) bond motifs is 1. The molecule has 1 aromatic heterocycles. The average Bonchev–Trinajstić information content (AvgIpc) is 3.16. The van der Waals surface area contributed by atoms with Crippen LogP contribution in [0.2, 0.25) is 0 Å². The quantitative estimate of drug-likeness (QED) is 0.155. The minimum absolute atomic E-state index is 0.238. The number of benzene rings is 3. The number of hydrogen-bond acceptors (Lipinski definition) is 4. The van der Waals surface area contributed by atoms with E-state index in [4.69, 9.17) is 4.74 Å². The second-order valence-corrected chi connectivity index (χ2v) is 8.88. The van der Waals surface area contributed by atoms with Gasteiger partial charge in [-0.15, -0.1) is 0 Å². The number of rotatable bonds is 7. The van der Waals surface area contributed by atoms with Crippen molar-refractivity contribution in [1.82, 2.24) is 9.55 Å². The van der Waals surface area contributed by atoms with Gasteiger partial charge in [0, 0.05) is 5.75 Å². The smallest absolute Gasteiger partial charge is 0.416 e. The molecular weight excluding hydrogens is 480 g/mol. The first-order chi connectivity index (χ1) is 16.7. The van der Waals surface area contributed by atoms with Crippen molar-refractivity contribution in [3.63, 3.8) is 0 Å². The highest BCUT2D eigenvalue weighted by Gasteiger charge is 2.30. The molecule has 3 aromatic carbocycles. The summed E-state index contributed by atoms with van der Waals surface area (Å²) in [6.07, 6.45) is -4.41. The Labute approximate surface area is 203 Å². The Hall–Kier alpha value is -3.33. The standard InChI is InChI=1S/C26H22F4N2O2S/c1-3-34-24(33)18-9-12-22-21(13-18)31-25(35-15-19-6-4-5-16(2)23(19)27)32(22)14-17-7-10-20(11-8-17)26(28,29)30/h4-13H,3,14-15H2,1-2H3. The van der Waals surface area contributed by atoms with Gasteiger partial charge in [-0.3, -0.25) is 0 Å². The second kappa shape index (κ2) is 10.1. The Morgan fingerprint density at radius 1 is 1.09 bits per heavy atom. The van der Waals surface area contributed by atoms with E-state index in [-0.39, 0.29) is 19.0 Å². The first-order valence-electron chi connectivity index (χ1n) is 10.9. The summed E-state index contributed by atoms with van der Waals surface area (Å²) in [4.78, 5) is 16.8. The molecule has 9 heteroatoms. The van der Waals surface area contributed by atoms with E-state index in [1.807, 2.05) is 4.57 Å². The zero-order valence-electron chi connectivity index (χ0n) is 19.0. The number of carbonyl (C=O) groups is 1. The van der Waals surface area contributed by atoms with Gasteiger partial charge in [0.05, 0.1) is 35.3 Å². The van der Waals surface area contributed by atoms with Crippen LogP contribution in [0, 0.1) is 12.7 Å². The largest absolute Gasteiger partial charge is 0.462 e. The summed E-state index contributed by atoms with van der Waals surface area (Å²) >= 11 is 1.32. The van der Waals surface area contributed by atoms with Crippen LogP contribution >= 0.6 is 11.8 Å². The molecule has 4 aromatic rings. The van der Waals surface area contributed by atoms with Crippen molar-refractivity contribution in [3.05, 3.63) is 94.3 Å². The molecule has 0 aliphatic rings. The number of thioether (sulfide) groups is 1. The number of hydrogen-bond donors (Lipinski definition) is 0. The molecule has 0 radical (unpaired) electrons. The van der Waals surface area contributed by atoms with E-state index >= 15 is 0 Å². The molecule has 4 nitrogen and oxygen atoms in total. The summed E-state index contributed by atoms with van der Waals surface area (Å²) in [6.45, 7) is 3.91. The molecule has 182 valence electrons. The SMILES string of the molecule is CCOC(=O)c1ccc2c(c1)nc(SCc1cccc(C)c1F)n2Cc1ccc(C(F)(F)F)cc1. The fourth-order valence-electron chi connectivity index (χ4n) is 3.66. The van der Waals surface area contributed by atoms with E-state index in [9.17, 15) is 22.4 Å². The molecule has 0 amide bonds. The average molecular weight is 503 g/mol. The Morgan fingerprint density at radius 3 is 2.51 bits per heavy atom. The Kier molecular flexibility index (Phi) is 7.16. The van der Waals surface area contributed by atoms with E-state index in [1.54, 1.807) is 50.2 Å². The first kappa shape index (κ1) is 24.8. The van der Waals surface area contributed by atoms with Gasteiger partial charge in [-0.1, -0.05) is 42.1 Å². The number of imidazole rings is 1. The molecule has 4 rings (SSSR count). The molecule has 0 bridgehead atoms. The van der Waals surface area contributed by atoms with Crippen LogP contribution in [0.5, 0.6) is 0 Å². The van der Waals surface area contributed by atoms with Crippen molar-refractivity contribution >= 4 is 28.8 Å². The van der Waals surface area contributed by atoms with Crippen molar-refractivity contribution in [3.8, 4) is 0 Å². The predicted octanol–water partition coefficient (Wildman–Crippen LogP) is 7.02. The highest BCUT2D eigenvalue weighted by Crippen LogP contribution is 2.31. The Bertz CT molecular complexity index is 1360. The van der Waals surface area contributed by atoms with E-state index in [0.717, 1.165) is 12.1 Å². The van der Waals surface area contributed by atoms with Gasteiger partial charge < -0.3 is 9.30 Å². The number of carbonyl (C=O) groups excluding carboxylic acids is 1. The van der Waals surface area contributed by atoms with Gasteiger partial charge in [0.15, 0.2) is 5.16 Å². The number of aromatic nitrogens is 2. The highest BCUT2D eigenvalue weighted by molar-refractivity contribution is 7.98. The van der Waals surface area contributed by atoms with Crippen LogP contribution in [-0.2, 0) is 23.2 Å². The monoisotopic (exact) mass is 502 g/mol. The summed E-state index contributed by atoms with van der Waals surface area (Å²) < 4.78 is 60.3. The van der Waals surface area contributed by atoms with Crippen LogP contribution in [0.3, 0.4) is 0 Å². The molecule has 0 aliphatic heterocycles. The normalized spacial score (nSPS) is 11.7. The lowest BCUT2D eigenvalue weighted by Crippen LogP contribution is -2.06. The number of aryl methyl sites for hydroxylation is 1. The summed E-state index contributed by atoms with van der Waals surface area (Å²) in [6, 6.07) is 15.1. The fourth-order valence-corrected chi connectivity index (χ4v) is 4.64. The van der Waals surface area contributed by atoms with Crippen molar-refractivity contribution in [2.75, 3.05) is 6.61 Å². The summed E-state index contributed by atoms with van der Waals surface area (Å²) in [5.74, 6) is -0.438. The van der Waals surface area contributed by atoms with Gasteiger partial charge in [0.2, 0.25) is 0 Å². The number of esters is 1. The third-order valence-electron chi connectivity index (χ3n) is 5.47. The van der Waals surface area contributed by atoms with Crippen LogP contribution in [0.4, 0.5) is 17.6 Å². The van der Waals surface area contributed by atoms with Crippen molar-refractivity contribution in [2.45, 2.75) is 37.5 Å². The van der Waals surface area contributed by atoms with Gasteiger partial charge >= 0.3 is 12.1 Å². The molecule has 0 N–H and O–H groups in total. The second-order valence-electron chi connectivity index (χ2n) is 7.94. The van der Waals surface area contributed by atoms with Gasteiger partial charge in [-0.2, -0.15) is 13.2 Å². The van der Waals surface area contributed by atoms with E-state index < -0.39 is 17.7 Å². The van der Waals surface area contributed by atoms with Crippen LogP contribution in [-0.4, -0.2) is 22.1 Å². The Morgan fingerprint density at radius 2 is 1.83 bits per heavy atom. The molecule has 0 spiro atoms. The predicted molar refractivity (Wildman–Crippen MR) is 127 cm³/mol. The molecule has 0 aliphatic carbocycles. The lowest BCUT2D eigenvalue weighted by molar-refractivity contribution is -0.137. The van der Waals surface area contributed by atoms with Crippen molar-refractivity contribution in [1.29, 1.82) is 0 Å². The third kappa shape index (κ3) is 5.51. The van der Waals surface area contributed by atoms with Crippen molar-refractivity contribution in [2.24, 2.45) is 0 Å². The van der Waals surface area contributed by atoms with Crippen LogP contribution in [0.25, 0.3) is 11.0 Å². The van der Waals surface area contributed by atoms with E-state index in [2.05, 4.69) is 4.98 Å². The lowest BCUT2D eigenvalue weighted by Gasteiger charge is -2.12. The van der Waals surface area contributed by atoms with Crippen LogP contribution in [0.1, 0.15) is 39.5 Å². The maximum atomic E-state index is 14.5. The van der Waals surface area contributed by atoms with Crippen LogP contribution in [0.15, 0.2) is 65.8 Å². The molecule has 0 saturated heterocycles. The van der Waals surface area contributed by atoms with Gasteiger partial charge in [0.1, 0.15) is 5.82 Å². The summed E-state index contributed by atoms with van der Waals surface area (Å²) in [7, 11) is 0. The lowest BCUT2D eigenvalue weighted by atomic mass is 10.1. The Balaban J connectivity index is 1.70. The molecule has 35 heavy (non-hydrogen) atoms. The van der Waals surface area contributed by atoms with Gasteiger partial charge in [0.25, 0.3) is 0 Å². The van der Waals surface area contributed by atoms with Crippen molar-refractivity contribution < 1.29 is 27.1 Å². The number of halogens is 4. The zero-order valence-corrected chi connectivity index (χ0v) is 19.8. The summed E-state index contributed by atoms with van der Waals surface area (Å²) in [5.41, 5.74) is 2.58. The van der Waals surface area contributed by atoms with Gasteiger partial charge in [-0.25, -0.2) is 14.2 Å². The van der Waals surface area contributed by atoms with E-state index in [0.29, 0.717) is 44.2 Å². The zero-order chi connectivity index (χ0) is 25.2. The molecule has 0 unspecified atom stereocenters. The third-order valence-corrected chi connectivity index (χ3v) is 6.50. The summed E-state index contributed by atoms with van der Waals surface area (Å²) in [5, 5.41) is 0.557. The minimum Gasteiger partial charge on any atom is -0.462 e. The number of ether oxygens (including phenoxy) is 1. The van der Waals surface area contributed by atoms with E-state index in [1.165, 1.54) is 23.9 Å². The van der Waals surface area contributed by atoms with Gasteiger partial charge in [-0.05, 0) is 60.9 Å². The number of alkyl halides is 3. The first-order valence-corrected chi connectivity index (χ1v) is 11.9. The molecule has 0 saturated carbocycles. The maximum Gasteiger partial charge on any atom is 0.416 e. The van der Waals surface area contributed by atoms with Crippen LogP contribution < -0.4 is 0 Å². The highest BCUT2D eigenvalue weighted by atomic mass is 32.2. The minimum atomic E-state index is -4.41. The molecule has 1 heterocycles. The maximum absolute atomic E-state index is 14.5. The number of nitrogens with zero attached hydrogens (tertiary/aromatic N) is 2. The molecular formula is C26H22F4N2O2S.